The second-order valence-corrected chi connectivity index (χ2v) is 4.72. The molecule has 0 aliphatic carbocycles. The summed E-state index contributed by atoms with van der Waals surface area (Å²) in [5, 5.41) is 3.80. The first-order chi connectivity index (χ1) is 7.65. The van der Waals surface area contributed by atoms with E-state index in [9.17, 15) is 4.79 Å². The van der Waals surface area contributed by atoms with E-state index < -0.39 is 0 Å². The van der Waals surface area contributed by atoms with Crippen molar-refractivity contribution in [1.82, 2.24) is 10.2 Å². The summed E-state index contributed by atoms with van der Waals surface area (Å²) in [6.45, 7) is 6.45. The Morgan fingerprint density at radius 3 is 3.06 bits per heavy atom. The van der Waals surface area contributed by atoms with Crippen LogP contribution in [0, 0.1) is 0 Å². The zero-order valence-electron chi connectivity index (χ0n) is 10.1. The van der Waals surface area contributed by atoms with Crippen molar-refractivity contribution in [3.63, 3.8) is 0 Å². The lowest BCUT2D eigenvalue weighted by molar-refractivity contribution is -0.125. The van der Waals surface area contributed by atoms with E-state index in [1.807, 2.05) is 13.0 Å². The molecule has 0 fully saturated rings. The molecule has 92 valence electrons. The highest BCUT2D eigenvalue weighted by Crippen LogP contribution is 2.15. The first kappa shape index (κ1) is 13.5. The molecule has 0 aromatic carbocycles. The van der Waals surface area contributed by atoms with Crippen LogP contribution in [-0.4, -0.2) is 36.5 Å². The summed E-state index contributed by atoms with van der Waals surface area (Å²) in [6, 6.07) is -0.0840. The van der Waals surface area contributed by atoms with Gasteiger partial charge in [-0.1, -0.05) is 31.0 Å². The average molecular weight is 245 g/mol. The number of nitrogens with one attached hydrogen (secondary N) is 1. The van der Waals surface area contributed by atoms with E-state index in [-0.39, 0.29) is 11.9 Å². The van der Waals surface area contributed by atoms with Gasteiger partial charge in [-0.2, -0.15) is 0 Å². The molecule has 0 unspecified atom stereocenters. The minimum atomic E-state index is -0.0840. The maximum Gasteiger partial charge on any atom is 0.237 e. The second kappa shape index (κ2) is 6.92. The Morgan fingerprint density at radius 2 is 2.44 bits per heavy atom. The van der Waals surface area contributed by atoms with Crippen molar-refractivity contribution in [3.05, 3.63) is 11.1 Å². The number of carbonyl (C=O) groups excluding carboxylic acids is 1. The molecule has 1 aliphatic heterocycles. The minimum Gasteiger partial charge on any atom is -0.355 e. The van der Waals surface area contributed by atoms with Crippen LogP contribution in [0.15, 0.2) is 11.1 Å². The number of amides is 1. The van der Waals surface area contributed by atoms with E-state index in [1.165, 1.54) is 0 Å². The van der Waals surface area contributed by atoms with E-state index in [2.05, 4.69) is 17.1 Å². The Labute approximate surface area is 103 Å². The number of halogens is 1. The van der Waals surface area contributed by atoms with Gasteiger partial charge < -0.3 is 5.32 Å². The molecule has 0 bridgehead atoms. The number of hydrogen-bond donors (Lipinski definition) is 1. The fourth-order valence-corrected chi connectivity index (χ4v) is 2.02. The molecule has 1 rings (SSSR count). The second-order valence-electron chi connectivity index (χ2n) is 4.23. The van der Waals surface area contributed by atoms with Crippen LogP contribution in [0.3, 0.4) is 0 Å². The lowest BCUT2D eigenvalue weighted by atomic mass is 10.2. The maximum atomic E-state index is 11.8. The van der Waals surface area contributed by atoms with Gasteiger partial charge in [-0.25, -0.2) is 0 Å². The van der Waals surface area contributed by atoms with Gasteiger partial charge in [-0.15, -0.1) is 0 Å². The normalized spacial score (nSPS) is 19.1. The summed E-state index contributed by atoms with van der Waals surface area (Å²) >= 11 is 5.97. The zero-order valence-corrected chi connectivity index (χ0v) is 10.9. The third-order valence-corrected chi connectivity index (χ3v) is 3.17. The van der Waals surface area contributed by atoms with Crippen LogP contribution in [0.25, 0.3) is 0 Å². The van der Waals surface area contributed by atoms with E-state index in [1.54, 1.807) is 0 Å². The highest BCUT2D eigenvalue weighted by molar-refractivity contribution is 6.29. The molecule has 0 aromatic rings. The van der Waals surface area contributed by atoms with Crippen LogP contribution in [-0.2, 0) is 4.79 Å². The van der Waals surface area contributed by atoms with E-state index in [4.69, 9.17) is 11.6 Å². The van der Waals surface area contributed by atoms with Crippen LogP contribution in [0.4, 0.5) is 0 Å². The van der Waals surface area contributed by atoms with Gasteiger partial charge in [0, 0.05) is 24.7 Å². The highest BCUT2D eigenvalue weighted by atomic mass is 35.5. The molecule has 0 radical (unpaired) electrons. The van der Waals surface area contributed by atoms with Crippen LogP contribution < -0.4 is 5.32 Å². The Hall–Kier alpha value is -0.540. The predicted molar refractivity (Wildman–Crippen MR) is 67.5 cm³/mol. The quantitative estimate of drug-likeness (QED) is 0.752. The molecule has 1 amide bonds. The molecule has 0 saturated carbocycles. The van der Waals surface area contributed by atoms with Crippen molar-refractivity contribution in [2.45, 2.75) is 39.2 Å². The number of unbranched alkanes of at least 4 members (excludes halogenated alkanes) is 1. The van der Waals surface area contributed by atoms with Crippen molar-refractivity contribution >= 4 is 17.5 Å². The van der Waals surface area contributed by atoms with Crippen molar-refractivity contribution < 1.29 is 4.79 Å². The summed E-state index contributed by atoms with van der Waals surface area (Å²) in [4.78, 5) is 13.9. The number of rotatable bonds is 5. The number of hydrogen-bond acceptors (Lipinski definition) is 2. The fourth-order valence-electron chi connectivity index (χ4n) is 1.76. The molecular weight excluding hydrogens is 224 g/mol. The standard InChI is InChI=1S/C12H21ClN2O/c1-3-4-7-14-12(16)10(2)15-8-5-6-11(13)9-15/h6,10H,3-5,7-9H2,1-2H3,(H,14,16)/t10-/m0/s1. The first-order valence-electron chi connectivity index (χ1n) is 6.01. The average Bonchev–Trinajstić information content (AvgIpc) is 2.28. The van der Waals surface area contributed by atoms with Gasteiger partial charge in [0.05, 0.1) is 6.04 Å². The van der Waals surface area contributed by atoms with Crippen molar-refractivity contribution in [2.75, 3.05) is 19.6 Å². The molecule has 3 nitrogen and oxygen atoms in total. The minimum absolute atomic E-state index is 0.0840. The molecule has 1 N–H and O–H groups in total. The number of nitrogens with zero attached hydrogens (tertiary/aromatic N) is 1. The lowest BCUT2D eigenvalue weighted by Crippen LogP contribution is -2.47. The highest BCUT2D eigenvalue weighted by Gasteiger charge is 2.22. The molecule has 0 aromatic heterocycles. The van der Waals surface area contributed by atoms with E-state index >= 15 is 0 Å². The monoisotopic (exact) mass is 244 g/mol. The molecule has 4 heteroatoms. The molecule has 1 aliphatic rings. The van der Waals surface area contributed by atoms with Crippen LogP contribution in [0.2, 0.25) is 0 Å². The van der Waals surface area contributed by atoms with Crippen LogP contribution in [0.1, 0.15) is 33.1 Å². The molecule has 0 spiro atoms. The SMILES string of the molecule is CCCCNC(=O)[C@H](C)N1CCC=C(Cl)C1. The molecule has 1 heterocycles. The molecule has 16 heavy (non-hydrogen) atoms. The van der Waals surface area contributed by atoms with Gasteiger partial charge in [-0.05, 0) is 19.8 Å². The van der Waals surface area contributed by atoms with Gasteiger partial charge >= 0.3 is 0 Å². The zero-order chi connectivity index (χ0) is 12.0. The topological polar surface area (TPSA) is 32.3 Å². The largest absolute Gasteiger partial charge is 0.355 e. The van der Waals surface area contributed by atoms with Crippen molar-refractivity contribution in [1.29, 1.82) is 0 Å². The van der Waals surface area contributed by atoms with Gasteiger partial charge in [0.15, 0.2) is 0 Å². The Balaban J connectivity index is 2.35. The van der Waals surface area contributed by atoms with E-state index in [0.29, 0.717) is 6.54 Å². The maximum absolute atomic E-state index is 11.8. The smallest absolute Gasteiger partial charge is 0.237 e. The summed E-state index contributed by atoms with van der Waals surface area (Å²) < 4.78 is 0. The third kappa shape index (κ3) is 4.14. The van der Waals surface area contributed by atoms with Gasteiger partial charge in [0.25, 0.3) is 0 Å². The van der Waals surface area contributed by atoms with Crippen LogP contribution >= 0.6 is 11.6 Å². The summed E-state index contributed by atoms with van der Waals surface area (Å²) in [6.07, 6.45) is 5.11. The third-order valence-electron chi connectivity index (χ3n) is 2.89. The van der Waals surface area contributed by atoms with Crippen LogP contribution in [0.5, 0.6) is 0 Å². The first-order valence-corrected chi connectivity index (χ1v) is 6.39. The predicted octanol–water partition coefficient (Wildman–Crippen LogP) is 2.12. The summed E-state index contributed by atoms with van der Waals surface area (Å²) in [5.41, 5.74) is 0. The summed E-state index contributed by atoms with van der Waals surface area (Å²) in [5.74, 6) is 0.111. The fraction of sp³-hybridized carbons (Fsp3) is 0.750. The molecule has 0 saturated heterocycles. The molecular formula is C12H21ClN2O. The van der Waals surface area contributed by atoms with Gasteiger partial charge in [0.1, 0.15) is 0 Å². The van der Waals surface area contributed by atoms with Gasteiger partial charge in [0.2, 0.25) is 5.91 Å². The lowest BCUT2D eigenvalue weighted by Gasteiger charge is -2.30. The van der Waals surface area contributed by atoms with E-state index in [0.717, 1.165) is 37.4 Å². The Bertz CT molecular complexity index is 266. The molecule has 1 atom stereocenters. The van der Waals surface area contributed by atoms with Crippen molar-refractivity contribution in [2.24, 2.45) is 0 Å². The summed E-state index contributed by atoms with van der Waals surface area (Å²) in [7, 11) is 0. The van der Waals surface area contributed by atoms with Crippen molar-refractivity contribution in [3.8, 4) is 0 Å². The Kier molecular flexibility index (Phi) is 5.85. The van der Waals surface area contributed by atoms with Gasteiger partial charge in [-0.3, -0.25) is 9.69 Å². The Morgan fingerprint density at radius 1 is 1.69 bits per heavy atom. The number of carbonyl (C=O) groups is 1.